The number of carbonyl (C=O) groups excluding carboxylic acids is 2. The van der Waals surface area contributed by atoms with Crippen LogP contribution in [0.1, 0.15) is 19.8 Å². The third-order valence-corrected chi connectivity index (χ3v) is 1.33. The van der Waals surface area contributed by atoms with Crippen LogP contribution in [0.3, 0.4) is 0 Å². The summed E-state index contributed by atoms with van der Waals surface area (Å²) in [5, 5.41) is 2.52. The van der Waals surface area contributed by atoms with Crippen LogP contribution in [-0.4, -0.2) is 32.3 Å². The lowest BCUT2D eigenvalue weighted by Gasteiger charge is -2.03. The number of ether oxygens (including phenoxy) is 2. The van der Waals surface area contributed by atoms with Gasteiger partial charge in [0.1, 0.15) is 0 Å². The highest BCUT2D eigenvalue weighted by atomic mass is 16.5. The molecule has 0 bridgehead atoms. The van der Waals surface area contributed by atoms with Gasteiger partial charge in [-0.3, -0.25) is 4.79 Å². The lowest BCUT2D eigenvalue weighted by atomic mass is 10.3. The summed E-state index contributed by atoms with van der Waals surface area (Å²) >= 11 is 0. The summed E-state index contributed by atoms with van der Waals surface area (Å²) in [5.41, 5.74) is 0. The Bertz CT molecular complexity index is 170. The predicted octanol–water partition coefficient (Wildman–Crippen LogP) is 0.686. The average molecular weight is 189 g/mol. The Balaban J connectivity index is 3.08. The van der Waals surface area contributed by atoms with Crippen LogP contribution in [-0.2, 0) is 14.3 Å². The summed E-state index contributed by atoms with van der Waals surface area (Å²) in [5.74, 6) is -0.277. The molecular formula is C8H15NO4. The van der Waals surface area contributed by atoms with Gasteiger partial charge in [0.05, 0.1) is 13.7 Å². The van der Waals surface area contributed by atoms with E-state index in [4.69, 9.17) is 4.74 Å². The highest BCUT2D eigenvalue weighted by molar-refractivity contribution is 5.66. The molecule has 0 rings (SSSR count). The summed E-state index contributed by atoms with van der Waals surface area (Å²) in [4.78, 5) is 20.9. The first kappa shape index (κ1) is 11.7. The summed E-state index contributed by atoms with van der Waals surface area (Å²) in [6, 6.07) is 0. The van der Waals surface area contributed by atoms with Crippen molar-refractivity contribution >= 4 is 12.1 Å². The summed E-state index contributed by atoms with van der Waals surface area (Å²) in [7, 11) is 1.31. The lowest BCUT2D eigenvalue weighted by Crippen LogP contribution is -2.24. The molecule has 0 aliphatic heterocycles. The van der Waals surface area contributed by atoms with E-state index in [1.165, 1.54) is 14.0 Å². The van der Waals surface area contributed by atoms with Crippen LogP contribution < -0.4 is 5.32 Å². The zero-order valence-electron chi connectivity index (χ0n) is 7.96. The van der Waals surface area contributed by atoms with E-state index in [0.29, 0.717) is 13.2 Å². The molecule has 5 heteroatoms. The van der Waals surface area contributed by atoms with Crippen molar-refractivity contribution in [3.05, 3.63) is 0 Å². The van der Waals surface area contributed by atoms with Gasteiger partial charge in [0.25, 0.3) is 0 Å². The van der Waals surface area contributed by atoms with Gasteiger partial charge in [-0.1, -0.05) is 0 Å². The summed E-state index contributed by atoms with van der Waals surface area (Å²) in [6.45, 7) is 2.30. The van der Waals surface area contributed by atoms with Crippen molar-refractivity contribution in [3.8, 4) is 0 Å². The van der Waals surface area contributed by atoms with E-state index in [1.54, 1.807) is 0 Å². The van der Waals surface area contributed by atoms with Crippen molar-refractivity contribution < 1.29 is 19.1 Å². The molecule has 76 valence electrons. The first-order chi connectivity index (χ1) is 6.16. The monoisotopic (exact) mass is 189 g/mol. The largest absolute Gasteiger partial charge is 0.466 e. The van der Waals surface area contributed by atoms with Gasteiger partial charge in [0.15, 0.2) is 0 Å². The van der Waals surface area contributed by atoms with Gasteiger partial charge < -0.3 is 14.8 Å². The number of nitrogens with one attached hydrogen (secondary N) is 1. The SMILES string of the molecule is COC(=O)NCCCCOC(C)=O. The van der Waals surface area contributed by atoms with Crippen LogP contribution in [0, 0.1) is 0 Å². The normalized spacial score (nSPS) is 9.08. The van der Waals surface area contributed by atoms with Crippen molar-refractivity contribution in [2.75, 3.05) is 20.3 Å². The maximum Gasteiger partial charge on any atom is 0.406 e. The van der Waals surface area contributed by atoms with Gasteiger partial charge in [-0.15, -0.1) is 0 Å². The topological polar surface area (TPSA) is 64.6 Å². The molecule has 0 fully saturated rings. The van der Waals surface area contributed by atoms with Gasteiger partial charge in [-0.25, -0.2) is 4.79 Å². The molecular weight excluding hydrogens is 174 g/mol. The number of hydrogen-bond acceptors (Lipinski definition) is 4. The molecule has 1 amide bonds. The van der Waals surface area contributed by atoms with Crippen molar-refractivity contribution in [1.29, 1.82) is 0 Å². The zero-order chi connectivity index (χ0) is 10.1. The Kier molecular flexibility index (Phi) is 6.68. The third kappa shape index (κ3) is 8.65. The van der Waals surface area contributed by atoms with Crippen LogP contribution >= 0.6 is 0 Å². The number of rotatable bonds is 5. The quantitative estimate of drug-likeness (QED) is 0.510. The smallest absolute Gasteiger partial charge is 0.406 e. The second kappa shape index (κ2) is 7.39. The minimum Gasteiger partial charge on any atom is -0.466 e. The molecule has 0 atom stereocenters. The predicted molar refractivity (Wildman–Crippen MR) is 46.3 cm³/mol. The molecule has 13 heavy (non-hydrogen) atoms. The maximum atomic E-state index is 10.5. The molecule has 0 radical (unpaired) electrons. The molecule has 0 aromatic rings. The van der Waals surface area contributed by atoms with Crippen LogP contribution in [0.4, 0.5) is 4.79 Å². The van der Waals surface area contributed by atoms with E-state index in [1.807, 2.05) is 0 Å². The fourth-order valence-corrected chi connectivity index (χ4v) is 0.706. The highest BCUT2D eigenvalue weighted by Gasteiger charge is 1.97. The first-order valence-electron chi connectivity index (χ1n) is 4.12. The minimum atomic E-state index is -0.438. The number of alkyl carbamates (subject to hydrolysis) is 1. The standard InChI is InChI=1S/C8H15NO4/c1-7(10)13-6-4-3-5-9-8(11)12-2/h3-6H2,1-2H3,(H,9,11). The highest BCUT2D eigenvalue weighted by Crippen LogP contribution is 1.89. The summed E-state index contributed by atoms with van der Waals surface area (Å²) in [6.07, 6.45) is 1.07. The first-order valence-corrected chi connectivity index (χ1v) is 4.12. The molecule has 0 spiro atoms. The van der Waals surface area contributed by atoms with Gasteiger partial charge in [-0.2, -0.15) is 0 Å². The van der Waals surface area contributed by atoms with Crippen LogP contribution in [0.5, 0.6) is 0 Å². The average Bonchev–Trinajstić information content (AvgIpc) is 2.10. The second-order valence-corrected chi connectivity index (χ2v) is 2.47. The zero-order valence-corrected chi connectivity index (χ0v) is 7.96. The van der Waals surface area contributed by atoms with Crippen molar-refractivity contribution in [2.45, 2.75) is 19.8 Å². The van der Waals surface area contributed by atoms with Crippen molar-refractivity contribution in [3.63, 3.8) is 0 Å². The van der Waals surface area contributed by atoms with Crippen molar-refractivity contribution in [1.82, 2.24) is 5.32 Å². The van der Waals surface area contributed by atoms with E-state index < -0.39 is 6.09 Å². The minimum absolute atomic E-state index is 0.277. The Morgan fingerprint density at radius 1 is 1.31 bits per heavy atom. The number of hydrogen-bond donors (Lipinski definition) is 1. The van der Waals surface area contributed by atoms with Crippen molar-refractivity contribution in [2.24, 2.45) is 0 Å². The van der Waals surface area contributed by atoms with Crippen LogP contribution in [0.25, 0.3) is 0 Å². The fraction of sp³-hybridized carbons (Fsp3) is 0.750. The van der Waals surface area contributed by atoms with E-state index in [2.05, 4.69) is 10.1 Å². The molecule has 0 heterocycles. The molecule has 0 aliphatic carbocycles. The molecule has 0 saturated heterocycles. The molecule has 0 aromatic heterocycles. The van der Waals surface area contributed by atoms with Crippen LogP contribution in [0.15, 0.2) is 0 Å². The van der Waals surface area contributed by atoms with Gasteiger partial charge >= 0.3 is 12.1 Å². The second-order valence-electron chi connectivity index (χ2n) is 2.47. The number of esters is 1. The number of methoxy groups -OCH3 is 1. The van der Waals surface area contributed by atoms with E-state index in [0.717, 1.165) is 12.8 Å². The van der Waals surface area contributed by atoms with E-state index >= 15 is 0 Å². The van der Waals surface area contributed by atoms with Crippen LogP contribution in [0.2, 0.25) is 0 Å². The molecule has 0 unspecified atom stereocenters. The fourth-order valence-electron chi connectivity index (χ4n) is 0.706. The van der Waals surface area contributed by atoms with Gasteiger partial charge in [0.2, 0.25) is 0 Å². The molecule has 1 N–H and O–H groups in total. The molecule has 0 aliphatic rings. The van der Waals surface area contributed by atoms with E-state index in [9.17, 15) is 9.59 Å². The lowest BCUT2D eigenvalue weighted by molar-refractivity contribution is -0.141. The Hall–Kier alpha value is -1.26. The van der Waals surface area contributed by atoms with E-state index in [-0.39, 0.29) is 5.97 Å². The Morgan fingerprint density at radius 2 is 2.00 bits per heavy atom. The number of carbonyl (C=O) groups is 2. The molecule has 0 aromatic carbocycles. The molecule has 5 nitrogen and oxygen atoms in total. The third-order valence-electron chi connectivity index (χ3n) is 1.33. The summed E-state index contributed by atoms with van der Waals surface area (Å²) < 4.78 is 9.05. The maximum absolute atomic E-state index is 10.5. The number of unbranched alkanes of at least 4 members (excludes halogenated alkanes) is 1. The Labute approximate surface area is 77.4 Å². The Morgan fingerprint density at radius 3 is 2.54 bits per heavy atom. The number of amides is 1. The molecule has 0 saturated carbocycles. The van der Waals surface area contributed by atoms with Gasteiger partial charge in [-0.05, 0) is 12.8 Å². The van der Waals surface area contributed by atoms with Gasteiger partial charge in [0, 0.05) is 13.5 Å².